The van der Waals surface area contributed by atoms with Gasteiger partial charge >= 0.3 is 5.97 Å². The smallest absolute Gasteiger partial charge is 0.330 e. The Bertz CT molecular complexity index is 326. The van der Waals surface area contributed by atoms with Crippen LogP contribution in [0.25, 0.3) is 6.08 Å². The van der Waals surface area contributed by atoms with Crippen molar-refractivity contribution in [1.29, 1.82) is 0 Å². The number of phenols is 1. The van der Waals surface area contributed by atoms with Gasteiger partial charge in [0.15, 0.2) is 0 Å². The first-order valence-corrected chi connectivity index (χ1v) is 5.19. The van der Waals surface area contributed by atoms with E-state index in [9.17, 15) is 4.79 Å². The summed E-state index contributed by atoms with van der Waals surface area (Å²) >= 11 is 0. The second-order valence-corrected chi connectivity index (χ2v) is 3.16. The third kappa shape index (κ3) is 6.65. The monoisotopic (exact) mass is 222 g/mol. The van der Waals surface area contributed by atoms with Gasteiger partial charge in [0.05, 0.1) is 7.11 Å². The van der Waals surface area contributed by atoms with Crippen LogP contribution in [0.15, 0.2) is 30.3 Å². The molecule has 1 rings (SSSR count). The maximum absolute atomic E-state index is 10.7. The summed E-state index contributed by atoms with van der Waals surface area (Å²) in [5.74, 6) is -0.191. The van der Waals surface area contributed by atoms with Crippen LogP contribution in [0.3, 0.4) is 0 Å². The molecule has 0 spiro atoms. The number of aromatic hydroxyl groups is 1. The molecule has 0 saturated heterocycles. The highest BCUT2D eigenvalue weighted by Gasteiger charge is 1.91. The summed E-state index contributed by atoms with van der Waals surface area (Å²) in [7, 11) is 1.32. The molecular formula is C13H18O3. The van der Waals surface area contributed by atoms with E-state index >= 15 is 0 Å². The summed E-state index contributed by atoms with van der Waals surface area (Å²) in [4.78, 5) is 10.7. The minimum Gasteiger partial charge on any atom is -0.508 e. The lowest BCUT2D eigenvalue weighted by Gasteiger charge is -1.93. The summed E-state index contributed by atoms with van der Waals surface area (Å²) in [6, 6.07) is 6.51. The number of methoxy groups -OCH3 is 1. The molecule has 1 aromatic carbocycles. The highest BCUT2D eigenvalue weighted by molar-refractivity contribution is 5.86. The molecule has 0 bridgehead atoms. The molecule has 0 aliphatic heterocycles. The maximum Gasteiger partial charge on any atom is 0.330 e. The van der Waals surface area contributed by atoms with Crippen molar-refractivity contribution < 1.29 is 14.6 Å². The van der Waals surface area contributed by atoms with Crippen LogP contribution in [-0.2, 0) is 9.53 Å². The number of carbonyl (C=O) groups excluding carboxylic acids is 1. The van der Waals surface area contributed by atoms with Gasteiger partial charge in [-0.1, -0.05) is 32.4 Å². The summed E-state index contributed by atoms with van der Waals surface area (Å²) in [5, 5.41) is 8.96. The third-order valence-corrected chi connectivity index (χ3v) is 1.51. The van der Waals surface area contributed by atoms with E-state index in [1.165, 1.54) is 19.6 Å². The molecule has 0 aromatic heterocycles. The standard InChI is InChI=1S/C10H10O3.C3H8/c1-13-10(12)7-4-8-2-5-9(11)6-3-8;1-3-2/h2-7,11H,1H3;3H2,1-2H3/b7-4+;. The van der Waals surface area contributed by atoms with E-state index in [0.717, 1.165) is 5.56 Å². The van der Waals surface area contributed by atoms with E-state index in [2.05, 4.69) is 18.6 Å². The van der Waals surface area contributed by atoms with Crippen LogP contribution in [0.2, 0.25) is 0 Å². The minimum atomic E-state index is -0.395. The van der Waals surface area contributed by atoms with Gasteiger partial charge in [0.2, 0.25) is 0 Å². The molecule has 3 heteroatoms. The predicted molar refractivity (Wildman–Crippen MR) is 65.1 cm³/mol. The number of benzene rings is 1. The molecular weight excluding hydrogens is 204 g/mol. The van der Waals surface area contributed by atoms with Crippen LogP contribution in [0, 0.1) is 0 Å². The lowest BCUT2D eigenvalue weighted by Crippen LogP contribution is -1.92. The van der Waals surface area contributed by atoms with Crippen molar-refractivity contribution in [2.24, 2.45) is 0 Å². The molecule has 0 fully saturated rings. The Hall–Kier alpha value is -1.77. The largest absolute Gasteiger partial charge is 0.508 e. The highest BCUT2D eigenvalue weighted by Crippen LogP contribution is 2.10. The lowest BCUT2D eigenvalue weighted by atomic mass is 10.2. The number of esters is 1. The zero-order chi connectivity index (χ0) is 12.4. The van der Waals surface area contributed by atoms with Gasteiger partial charge in [-0.2, -0.15) is 0 Å². The first kappa shape index (κ1) is 14.2. The number of carbonyl (C=O) groups is 1. The van der Waals surface area contributed by atoms with E-state index < -0.39 is 5.97 Å². The van der Waals surface area contributed by atoms with Gasteiger partial charge in [-0.3, -0.25) is 0 Å². The van der Waals surface area contributed by atoms with Crippen molar-refractivity contribution in [3.05, 3.63) is 35.9 Å². The molecule has 0 amide bonds. The summed E-state index contributed by atoms with van der Waals surface area (Å²) < 4.78 is 4.42. The molecule has 0 aliphatic carbocycles. The quantitative estimate of drug-likeness (QED) is 0.618. The second kappa shape index (κ2) is 8.53. The van der Waals surface area contributed by atoms with Gasteiger partial charge in [0.1, 0.15) is 5.75 Å². The third-order valence-electron chi connectivity index (χ3n) is 1.51. The summed E-state index contributed by atoms with van der Waals surface area (Å²) in [6.45, 7) is 4.25. The van der Waals surface area contributed by atoms with Gasteiger partial charge in [-0.25, -0.2) is 4.79 Å². The van der Waals surface area contributed by atoms with E-state index in [4.69, 9.17) is 5.11 Å². The van der Waals surface area contributed by atoms with Gasteiger partial charge in [0, 0.05) is 6.08 Å². The number of hydrogen-bond donors (Lipinski definition) is 1. The molecule has 0 atom stereocenters. The molecule has 0 unspecified atom stereocenters. The first-order chi connectivity index (χ1) is 7.63. The van der Waals surface area contributed by atoms with Crippen LogP contribution < -0.4 is 0 Å². The minimum absolute atomic E-state index is 0.204. The topological polar surface area (TPSA) is 46.5 Å². The number of ether oxygens (including phenoxy) is 1. The molecule has 0 heterocycles. The van der Waals surface area contributed by atoms with Crippen molar-refractivity contribution in [3.63, 3.8) is 0 Å². The van der Waals surface area contributed by atoms with Gasteiger partial charge < -0.3 is 9.84 Å². The lowest BCUT2D eigenvalue weighted by molar-refractivity contribution is -0.134. The van der Waals surface area contributed by atoms with E-state index in [-0.39, 0.29) is 5.75 Å². The molecule has 1 N–H and O–H groups in total. The zero-order valence-electron chi connectivity index (χ0n) is 9.93. The van der Waals surface area contributed by atoms with E-state index in [0.29, 0.717) is 0 Å². The van der Waals surface area contributed by atoms with Crippen molar-refractivity contribution in [3.8, 4) is 5.75 Å². The van der Waals surface area contributed by atoms with Crippen LogP contribution in [0.4, 0.5) is 0 Å². The molecule has 0 saturated carbocycles. The Morgan fingerprint density at radius 3 is 2.25 bits per heavy atom. The molecule has 16 heavy (non-hydrogen) atoms. The molecule has 1 aromatic rings. The fraction of sp³-hybridized carbons (Fsp3) is 0.308. The van der Waals surface area contributed by atoms with Crippen LogP contribution in [0.5, 0.6) is 5.75 Å². The van der Waals surface area contributed by atoms with Crippen molar-refractivity contribution >= 4 is 12.0 Å². The number of hydrogen-bond acceptors (Lipinski definition) is 3. The van der Waals surface area contributed by atoms with Crippen molar-refractivity contribution in [2.75, 3.05) is 7.11 Å². The molecule has 0 aliphatic rings. The Labute approximate surface area is 96.4 Å². The maximum atomic E-state index is 10.7. The highest BCUT2D eigenvalue weighted by atomic mass is 16.5. The summed E-state index contributed by atoms with van der Waals surface area (Å²) in [5.41, 5.74) is 0.836. The van der Waals surface area contributed by atoms with Crippen LogP contribution >= 0.6 is 0 Å². The van der Waals surface area contributed by atoms with Gasteiger partial charge in [0.25, 0.3) is 0 Å². The molecule has 0 radical (unpaired) electrons. The average Bonchev–Trinajstić information content (AvgIpc) is 2.29. The molecule has 88 valence electrons. The van der Waals surface area contributed by atoms with Gasteiger partial charge in [-0.05, 0) is 23.8 Å². The molecule has 3 nitrogen and oxygen atoms in total. The van der Waals surface area contributed by atoms with Gasteiger partial charge in [-0.15, -0.1) is 0 Å². The Kier molecular flexibility index (Phi) is 7.59. The summed E-state index contributed by atoms with van der Waals surface area (Å²) in [6.07, 6.45) is 4.19. The second-order valence-electron chi connectivity index (χ2n) is 3.16. The zero-order valence-corrected chi connectivity index (χ0v) is 9.93. The van der Waals surface area contributed by atoms with E-state index in [1.807, 2.05) is 0 Å². The fourth-order valence-corrected chi connectivity index (χ4v) is 0.818. The Morgan fingerprint density at radius 2 is 1.81 bits per heavy atom. The number of rotatable bonds is 2. The van der Waals surface area contributed by atoms with Crippen molar-refractivity contribution in [2.45, 2.75) is 20.3 Å². The van der Waals surface area contributed by atoms with Crippen molar-refractivity contribution in [1.82, 2.24) is 0 Å². The first-order valence-electron chi connectivity index (χ1n) is 5.19. The predicted octanol–water partition coefficient (Wildman–Crippen LogP) is 2.99. The Morgan fingerprint density at radius 1 is 1.31 bits per heavy atom. The normalized spacial score (nSPS) is 9.44. The number of phenolic OH excluding ortho intramolecular Hbond substituents is 1. The average molecular weight is 222 g/mol. The SMILES string of the molecule is CCC.COC(=O)/C=C/c1ccc(O)cc1. The Balaban J connectivity index is 0.000000673. The van der Waals surface area contributed by atoms with Crippen LogP contribution in [-0.4, -0.2) is 18.2 Å². The van der Waals surface area contributed by atoms with E-state index in [1.54, 1.807) is 30.3 Å². The fourth-order valence-electron chi connectivity index (χ4n) is 0.818. The van der Waals surface area contributed by atoms with Crippen LogP contribution in [0.1, 0.15) is 25.8 Å².